The van der Waals surface area contributed by atoms with Gasteiger partial charge in [-0.25, -0.2) is 0 Å². The topological polar surface area (TPSA) is 62.2 Å². The minimum atomic E-state index is 0.0774. The Balaban J connectivity index is 1.41. The van der Waals surface area contributed by atoms with Gasteiger partial charge in [-0.3, -0.25) is 14.7 Å². The second kappa shape index (κ2) is 6.88. The minimum absolute atomic E-state index is 0.0774. The smallest absolute Gasteiger partial charge is 0.255 e. The monoisotopic (exact) mass is 337 g/mol. The van der Waals surface area contributed by atoms with Crippen LogP contribution in [-0.4, -0.2) is 57.1 Å². The molecule has 4 rings (SSSR count). The lowest BCUT2D eigenvalue weighted by Gasteiger charge is -2.40. The van der Waals surface area contributed by atoms with Gasteiger partial charge in [-0.05, 0) is 44.0 Å². The Labute approximate surface area is 147 Å². The summed E-state index contributed by atoms with van der Waals surface area (Å²) in [7, 11) is 0. The fourth-order valence-corrected chi connectivity index (χ4v) is 4.21. The Kier molecular flexibility index (Phi) is 4.44. The quantitative estimate of drug-likeness (QED) is 0.857. The molecule has 2 aromatic heterocycles. The molecule has 1 spiro atoms. The first-order chi connectivity index (χ1) is 12.2. The van der Waals surface area contributed by atoms with Crippen LogP contribution in [0.2, 0.25) is 0 Å². The summed E-state index contributed by atoms with van der Waals surface area (Å²) in [5.74, 6) is 0.0774. The summed E-state index contributed by atoms with van der Waals surface area (Å²) in [4.78, 5) is 21.6. The van der Waals surface area contributed by atoms with E-state index in [9.17, 15) is 4.79 Å². The fraction of sp³-hybridized carbons (Fsp3) is 0.474. The summed E-state index contributed by atoms with van der Waals surface area (Å²) in [5.41, 5.74) is 1.98. The van der Waals surface area contributed by atoms with Crippen LogP contribution in [0.5, 0.6) is 0 Å². The van der Waals surface area contributed by atoms with Crippen molar-refractivity contribution in [1.82, 2.24) is 25.0 Å². The molecule has 0 N–H and O–H groups in total. The Morgan fingerprint density at radius 2 is 2.04 bits per heavy atom. The van der Waals surface area contributed by atoms with E-state index >= 15 is 0 Å². The molecule has 4 heterocycles. The van der Waals surface area contributed by atoms with Crippen molar-refractivity contribution in [2.75, 3.05) is 26.2 Å². The van der Waals surface area contributed by atoms with Crippen molar-refractivity contribution >= 4 is 5.91 Å². The first-order valence-corrected chi connectivity index (χ1v) is 8.92. The molecule has 2 fully saturated rings. The molecule has 25 heavy (non-hydrogen) atoms. The van der Waals surface area contributed by atoms with Crippen LogP contribution in [-0.2, 0) is 6.54 Å². The minimum Gasteiger partial charge on any atom is -0.338 e. The maximum atomic E-state index is 12.7. The van der Waals surface area contributed by atoms with Crippen LogP contribution in [0, 0.1) is 5.41 Å². The normalized spacial score (nSPS) is 23.9. The van der Waals surface area contributed by atoms with Crippen LogP contribution in [0.4, 0.5) is 0 Å². The molecule has 0 saturated carbocycles. The molecule has 2 aliphatic rings. The molecule has 2 aliphatic heterocycles. The van der Waals surface area contributed by atoms with Crippen LogP contribution in [0.1, 0.15) is 35.3 Å². The average molecular weight is 337 g/mol. The number of nitrogens with zero attached hydrogens (tertiary/aromatic N) is 5. The molecule has 6 nitrogen and oxygen atoms in total. The van der Waals surface area contributed by atoms with Crippen LogP contribution in [0.3, 0.4) is 0 Å². The predicted octanol–water partition coefficient (Wildman–Crippen LogP) is 2.00. The highest BCUT2D eigenvalue weighted by Gasteiger charge is 2.42. The number of rotatable bonds is 3. The van der Waals surface area contributed by atoms with E-state index in [1.165, 1.54) is 12.8 Å². The summed E-state index contributed by atoms with van der Waals surface area (Å²) in [6, 6.07) is 7.83. The molecule has 1 atom stereocenters. The van der Waals surface area contributed by atoms with Gasteiger partial charge < -0.3 is 4.90 Å². The second-order valence-electron chi connectivity index (χ2n) is 7.24. The zero-order valence-electron chi connectivity index (χ0n) is 14.3. The van der Waals surface area contributed by atoms with Crippen molar-refractivity contribution in [2.45, 2.75) is 25.8 Å². The van der Waals surface area contributed by atoms with Gasteiger partial charge in [0.1, 0.15) is 0 Å². The van der Waals surface area contributed by atoms with Crippen molar-refractivity contribution in [3.05, 3.63) is 54.1 Å². The zero-order valence-corrected chi connectivity index (χ0v) is 14.3. The van der Waals surface area contributed by atoms with E-state index in [-0.39, 0.29) is 11.3 Å². The van der Waals surface area contributed by atoms with Crippen LogP contribution in [0.15, 0.2) is 42.9 Å². The molecule has 2 aromatic rings. The molecular formula is C19H23N5O. The number of hydrogen-bond donors (Lipinski definition) is 0. The number of amides is 1. The Morgan fingerprint density at radius 3 is 2.84 bits per heavy atom. The first kappa shape index (κ1) is 16.1. The van der Waals surface area contributed by atoms with Crippen molar-refractivity contribution in [3.63, 3.8) is 0 Å². The molecule has 130 valence electrons. The number of pyridine rings is 1. The molecule has 6 heteroatoms. The highest BCUT2D eigenvalue weighted by molar-refractivity contribution is 5.94. The Morgan fingerprint density at radius 1 is 1.08 bits per heavy atom. The fourth-order valence-electron chi connectivity index (χ4n) is 4.21. The molecule has 2 saturated heterocycles. The van der Waals surface area contributed by atoms with Crippen LogP contribution >= 0.6 is 0 Å². The van der Waals surface area contributed by atoms with Crippen molar-refractivity contribution in [1.29, 1.82) is 0 Å². The Hall–Kier alpha value is -2.34. The lowest BCUT2D eigenvalue weighted by atomic mass is 9.79. The lowest BCUT2D eigenvalue weighted by molar-refractivity contribution is 0.0672. The summed E-state index contributed by atoms with van der Waals surface area (Å²) in [6.07, 6.45) is 8.45. The Bertz CT molecular complexity index is 723. The maximum Gasteiger partial charge on any atom is 0.255 e. The lowest BCUT2D eigenvalue weighted by Crippen LogP contribution is -2.45. The predicted molar refractivity (Wildman–Crippen MR) is 93.7 cm³/mol. The van der Waals surface area contributed by atoms with E-state index in [0.29, 0.717) is 5.56 Å². The molecule has 0 aromatic carbocycles. The standard InChI is InChI=1S/C19H23N5O/c25-18(16-5-9-21-22-12-16)24-11-7-19(15-24)6-3-10-23(14-19)13-17-4-1-2-8-20-17/h1-2,4-5,8-9,12H,3,6-7,10-11,13-15H2/t19-/m0/s1. The van der Waals surface area contributed by atoms with Gasteiger partial charge in [0.15, 0.2) is 0 Å². The van der Waals surface area contributed by atoms with Gasteiger partial charge >= 0.3 is 0 Å². The van der Waals surface area contributed by atoms with Gasteiger partial charge in [-0.1, -0.05) is 6.07 Å². The number of carbonyl (C=O) groups is 1. The van der Waals surface area contributed by atoms with Crippen LogP contribution < -0.4 is 0 Å². The number of carbonyl (C=O) groups excluding carboxylic acids is 1. The van der Waals surface area contributed by atoms with E-state index in [1.807, 2.05) is 23.2 Å². The third-order valence-corrected chi connectivity index (χ3v) is 5.41. The molecular weight excluding hydrogens is 314 g/mol. The van der Waals surface area contributed by atoms with Crippen molar-refractivity contribution in [2.24, 2.45) is 5.41 Å². The molecule has 0 unspecified atom stereocenters. The second-order valence-corrected chi connectivity index (χ2v) is 7.24. The molecule has 0 bridgehead atoms. The van der Waals surface area contributed by atoms with Gasteiger partial charge in [0.25, 0.3) is 5.91 Å². The van der Waals surface area contributed by atoms with Crippen molar-refractivity contribution < 1.29 is 4.79 Å². The zero-order chi connectivity index (χ0) is 17.1. The SMILES string of the molecule is O=C(c1ccnnc1)N1CC[C@]2(CCCN(Cc3ccccn3)C2)C1. The highest BCUT2D eigenvalue weighted by atomic mass is 16.2. The number of piperidine rings is 1. The van der Waals surface area contributed by atoms with Crippen molar-refractivity contribution in [3.8, 4) is 0 Å². The van der Waals surface area contributed by atoms with E-state index in [0.717, 1.165) is 44.8 Å². The summed E-state index contributed by atoms with van der Waals surface area (Å²) >= 11 is 0. The van der Waals surface area contributed by atoms with E-state index in [2.05, 4.69) is 26.1 Å². The largest absolute Gasteiger partial charge is 0.338 e. The van der Waals surface area contributed by atoms with Crippen LogP contribution in [0.25, 0.3) is 0 Å². The van der Waals surface area contributed by atoms with Gasteiger partial charge in [-0.2, -0.15) is 10.2 Å². The number of likely N-dealkylation sites (tertiary alicyclic amines) is 2. The van der Waals surface area contributed by atoms with E-state index < -0.39 is 0 Å². The van der Waals surface area contributed by atoms with Gasteiger partial charge in [0.2, 0.25) is 0 Å². The third kappa shape index (κ3) is 3.54. The first-order valence-electron chi connectivity index (χ1n) is 8.92. The maximum absolute atomic E-state index is 12.7. The summed E-state index contributed by atoms with van der Waals surface area (Å²) < 4.78 is 0. The summed E-state index contributed by atoms with van der Waals surface area (Å²) in [5, 5.41) is 7.58. The average Bonchev–Trinajstić information content (AvgIpc) is 3.06. The van der Waals surface area contributed by atoms with Gasteiger partial charge in [0, 0.05) is 37.8 Å². The third-order valence-electron chi connectivity index (χ3n) is 5.41. The highest BCUT2D eigenvalue weighted by Crippen LogP contribution is 2.39. The van der Waals surface area contributed by atoms with E-state index in [4.69, 9.17) is 0 Å². The molecule has 0 aliphatic carbocycles. The summed E-state index contributed by atoms with van der Waals surface area (Å²) in [6.45, 7) is 4.72. The number of hydrogen-bond acceptors (Lipinski definition) is 5. The van der Waals surface area contributed by atoms with Gasteiger partial charge in [-0.15, -0.1) is 0 Å². The molecule has 0 radical (unpaired) electrons. The van der Waals surface area contributed by atoms with Gasteiger partial charge in [0.05, 0.1) is 23.7 Å². The molecule has 1 amide bonds. The number of aromatic nitrogens is 3. The van der Waals surface area contributed by atoms with E-state index in [1.54, 1.807) is 18.5 Å².